The lowest BCUT2D eigenvalue weighted by Gasteiger charge is -2.65. The van der Waals surface area contributed by atoms with Gasteiger partial charge in [0.2, 0.25) is 5.78 Å². The molecule has 1 saturated carbocycles. The minimum absolute atomic E-state index is 0.0302. The first-order valence-corrected chi connectivity index (χ1v) is 13.6. The molecule has 1 aromatic rings. The maximum Gasteiger partial charge on any atom is 0.209 e. The Kier molecular flexibility index (Phi) is 5.86. The van der Waals surface area contributed by atoms with Crippen LogP contribution >= 0.6 is 0 Å². The summed E-state index contributed by atoms with van der Waals surface area (Å²) in [5, 5.41) is 46.5. The van der Waals surface area contributed by atoms with E-state index in [9.17, 15) is 39.6 Å². The minimum atomic E-state index is -2.77. The topological polar surface area (TPSA) is 149 Å². The summed E-state index contributed by atoms with van der Waals surface area (Å²) in [6.07, 6.45) is 1.37. The van der Waals surface area contributed by atoms with Crippen LogP contribution in [0.1, 0.15) is 82.6 Å². The number of phenolic OH excluding ortho intramolecular Hbond substituents is 1. The highest BCUT2D eigenvalue weighted by molar-refractivity contribution is 6.25. The van der Waals surface area contributed by atoms with E-state index in [2.05, 4.69) is 0 Å². The number of phenols is 1. The maximum absolute atomic E-state index is 14.1. The van der Waals surface area contributed by atoms with Crippen LogP contribution in [0.2, 0.25) is 0 Å². The van der Waals surface area contributed by atoms with Gasteiger partial charge >= 0.3 is 0 Å². The first kappa shape index (κ1) is 27.3. The summed E-state index contributed by atoms with van der Waals surface area (Å²) >= 11 is 0. The van der Waals surface area contributed by atoms with Gasteiger partial charge in [-0.25, -0.2) is 0 Å². The summed E-state index contributed by atoms with van der Waals surface area (Å²) in [5.41, 5.74) is -6.06. The highest BCUT2D eigenvalue weighted by Gasteiger charge is 2.75. The van der Waals surface area contributed by atoms with E-state index in [1.807, 2.05) is 6.92 Å². The van der Waals surface area contributed by atoms with Gasteiger partial charge in [0.25, 0.3) is 0 Å². The van der Waals surface area contributed by atoms with Crippen molar-refractivity contribution in [3.05, 3.63) is 52.0 Å². The second kappa shape index (κ2) is 8.37. The second-order valence-corrected chi connectivity index (χ2v) is 12.7. The van der Waals surface area contributed by atoms with E-state index < -0.39 is 74.5 Å². The van der Waals surface area contributed by atoms with Crippen LogP contribution in [0.4, 0.5) is 0 Å². The third-order valence-electron chi connectivity index (χ3n) is 10.4. The number of carbonyl (C=O) groups is 4. The van der Waals surface area contributed by atoms with Gasteiger partial charge in [0, 0.05) is 34.7 Å². The molecule has 0 heterocycles. The van der Waals surface area contributed by atoms with E-state index >= 15 is 0 Å². The second-order valence-electron chi connectivity index (χ2n) is 12.7. The lowest BCUT2D eigenvalue weighted by Crippen LogP contribution is -2.71. The van der Waals surface area contributed by atoms with Gasteiger partial charge in [0.05, 0.1) is 5.56 Å². The molecule has 0 saturated heterocycles. The Hall–Kier alpha value is -3.26. The number of hydrogen-bond acceptors (Lipinski definition) is 8. The fourth-order valence-electron chi connectivity index (χ4n) is 8.30. The molecule has 4 N–H and O–H groups in total. The molecule has 39 heavy (non-hydrogen) atoms. The lowest BCUT2D eigenvalue weighted by atomic mass is 9.38. The average Bonchev–Trinajstić information content (AvgIpc) is 3.68. The van der Waals surface area contributed by atoms with Crippen LogP contribution in [0.25, 0.3) is 0 Å². The minimum Gasteiger partial charge on any atom is -0.511 e. The molecule has 1 aromatic carbocycles. The molecule has 0 bridgehead atoms. The van der Waals surface area contributed by atoms with Crippen LogP contribution in [0.15, 0.2) is 40.9 Å². The molecule has 0 aromatic heterocycles. The molecule has 0 amide bonds. The average molecular weight is 537 g/mol. The molecular formula is C31H36O8. The van der Waals surface area contributed by atoms with Gasteiger partial charge in [0.1, 0.15) is 28.6 Å². The highest BCUT2D eigenvalue weighted by Crippen LogP contribution is 2.71. The molecule has 2 unspecified atom stereocenters. The molecule has 4 aliphatic carbocycles. The van der Waals surface area contributed by atoms with Crippen molar-refractivity contribution in [3.63, 3.8) is 0 Å². The zero-order valence-corrected chi connectivity index (χ0v) is 23.2. The first-order chi connectivity index (χ1) is 18.1. The molecule has 208 valence electrons. The fourth-order valence-corrected chi connectivity index (χ4v) is 8.30. The van der Waals surface area contributed by atoms with E-state index in [4.69, 9.17) is 0 Å². The predicted octanol–water partition coefficient (Wildman–Crippen LogP) is 4.50. The summed E-state index contributed by atoms with van der Waals surface area (Å²) < 4.78 is 0. The van der Waals surface area contributed by atoms with Gasteiger partial charge in [-0.05, 0) is 49.1 Å². The number of aliphatic hydroxyl groups is 3. The van der Waals surface area contributed by atoms with Gasteiger partial charge in [0.15, 0.2) is 17.2 Å². The number of allylic oxidation sites excluding steroid dienone is 2. The number of ketones is 4. The Balaban J connectivity index is 1.93. The van der Waals surface area contributed by atoms with Crippen molar-refractivity contribution in [1.29, 1.82) is 0 Å². The molecule has 1 fully saturated rings. The van der Waals surface area contributed by atoms with Crippen LogP contribution in [-0.2, 0) is 14.4 Å². The normalized spacial score (nSPS) is 36.1. The van der Waals surface area contributed by atoms with Gasteiger partial charge < -0.3 is 20.4 Å². The number of carbonyl (C=O) groups excluding carboxylic acids is 4. The van der Waals surface area contributed by atoms with Crippen LogP contribution in [0.3, 0.4) is 0 Å². The summed E-state index contributed by atoms with van der Waals surface area (Å²) in [5.74, 6) is -7.42. The van der Waals surface area contributed by atoms with Crippen LogP contribution in [0, 0.1) is 34.5 Å². The third-order valence-corrected chi connectivity index (χ3v) is 10.4. The van der Waals surface area contributed by atoms with Crippen molar-refractivity contribution in [1.82, 2.24) is 0 Å². The number of aromatic hydroxyl groups is 1. The van der Waals surface area contributed by atoms with E-state index in [0.29, 0.717) is 5.56 Å². The third kappa shape index (κ3) is 3.15. The predicted molar refractivity (Wildman–Crippen MR) is 141 cm³/mol. The van der Waals surface area contributed by atoms with Crippen LogP contribution < -0.4 is 0 Å². The Labute approximate surface area is 227 Å². The number of fused-ring (bicyclic) bond motifs is 3. The van der Waals surface area contributed by atoms with E-state index in [1.165, 1.54) is 6.07 Å². The van der Waals surface area contributed by atoms with Crippen molar-refractivity contribution >= 4 is 23.1 Å². The number of aliphatic hydroxyl groups excluding tert-OH is 2. The summed E-state index contributed by atoms with van der Waals surface area (Å²) in [6, 6.07) is 4.70. The van der Waals surface area contributed by atoms with Crippen molar-refractivity contribution in [2.24, 2.45) is 34.5 Å². The van der Waals surface area contributed by atoms with Gasteiger partial charge in [-0.2, -0.15) is 0 Å². The number of rotatable bonds is 5. The van der Waals surface area contributed by atoms with E-state index in [1.54, 1.807) is 39.8 Å². The van der Waals surface area contributed by atoms with Gasteiger partial charge in [-0.1, -0.05) is 46.8 Å². The van der Waals surface area contributed by atoms with Gasteiger partial charge in [-0.3, -0.25) is 19.2 Å². The van der Waals surface area contributed by atoms with Crippen LogP contribution in [0.5, 0.6) is 5.75 Å². The van der Waals surface area contributed by atoms with E-state index in [-0.39, 0.29) is 35.0 Å². The fraction of sp³-hybridized carbons (Fsp3) is 0.548. The smallest absolute Gasteiger partial charge is 0.209 e. The summed E-state index contributed by atoms with van der Waals surface area (Å²) in [7, 11) is 0. The molecule has 8 heteroatoms. The highest BCUT2D eigenvalue weighted by atomic mass is 16.3. The number of hydrogen-bond donors (Lipinski definition) is 4. The van der Waals surface area contributed by atoms with Gasteiger partial charge in [-0.15, -0.1) is 0 Å². The van der Waals surface area contributed by atoms with E-state index in [0.717, 1.165) is 19.8 Å². The Morgan fingerprint density at radius 1 is 1.08 bits per heavy atom. The zero-order chi connectivity index (χ0) is 29.0. The molecule has 0 spiro atoms. The lowest BCUT2D eigenvalue weighted by molar-refractivity contribution is -0.194. The monoisotopic (exact) mass is 536 g/mol. The SMILES string of the molecule is CC(=O)C1=C(O)C(C(C)C)[C@@]2(C)[C@H](CC(=O)C3CC3)[C@]3(C)C(=C(O)[C@@]2(O)C1=O)C(=O)c1c(O)cccc1C3C. The number of Topliss-reactive ketones (excluding diaryl/α,β-unsaturated/α-hetero) is 4. The largest absolute Gasteiger partial charge is 0.511 e. The van der Waals surface area contributed by atoms with Crippen molar-refractivity contribution < 1.29 is 39.6 Å². The molecule has 5 rings (SSSR count). The Morgan fingerprint density at radius 3 is 2.23 bits per heavy atom. The molecule has 0 radical (unpaired) electrons. The molecule has 6 atom stereocenters. The zero-order valence-electron chi connectivity index (χ0n) is 23.2. The Morgan fingerprint density at radius 2 is 1.69 bits per heavy atom. The summed E-state index contributed by atoms with van der Waals surface area (Å²) in [4.78, 5) is 54.3. The molecular weight excluding hydrogens is 500 g/mol. The van der Waals surface area contributed by atoms with Crippen LogP contribution in [-0.4, -0.2) is 49.2 Å². The van der Waals surface area contributed by atoms with Crippen molar-refractivity contribution in [2.45, 2.75) is 72.3 Å². The number of benzene rings is 1. The molecule has 0 aliphatic heterocycles. The molecule has 4 aliphatic rings. The maximum atomic E-state index is 14.1. The van der Waals surface area contributed by atoms with Crippen molar-refractivity contribution in [2.75, 3.05) is 0 Å². The van der Waals surface area contributed by atoms with Crippen molar-refractivity contribution in [3.8, 4) is 5.75 Å². The summed E-state index contributed by atoms with van der Waals surface area (Å²) in [6.45, 7) is 9.84. The molecule has 8 nitrogen and oxygen atoms in total. The Bertz CT molecular complexity index is 1410. The standard InChI is InChI=1S/C31H36O8/c1-13(2)23-25(35)21(15(4)32)27(37)31(39)28(38)24-26(36)22-17(8-7-9-18(22)33)14(3)29(24,5)20(30(23,31)6)12-19(34)16-10-11-16/h7-9,13-14,16,20,23,33,35,38-39H,10-12H2,1-6H3/t14?,20-,23?,29-,30-,31+/m1/s1. The quantitative estimate of drug-likeness (QED) is 0.402. The first-order valence-electron chi connectivity index (χ1n) is 13.6.